The first-order chi connectivity index (χ1) is 12.0. The molecule has 2 aromatic rings. The first-order valence-corrected chi connectivity index (χ1v) is 9.32. The largest absolute Gasteiger partial charge is 0.339 e. The van der Waals surface area contributed by atoms with E-state index in [-0.39, 0.29) is 17.7 Å². The number of likely N-dealkylation sites (tertiary alicyclic amines) is 1. The zero-order valence-corrected chi connectivity index (χ0v) is 15.9. The highest BCUT2D eigenvalue weighted by Crippen LogP contribution is 2.25. The lowest BCUT2D eigenvalue weighted by Crippen LogP contribution is -2.41. The molecule has 0 radical (unpaired) electrons. The van der Waals surface area contributed by atoms with Gasteiger partial charge in [0.25, 0.3) is 5.91 Å². The Kier molecular flexibility index (Phi) is 5.76. The summed E-state index contributed by atoms with van der Waals surface area (Å²) in [4.78, 5) is 26.8. The van der Waals surface area contributed by atoms with Crippen molar-refractivity contribution in [3.05, 3.63) is 63.6 Å². The fraction of sp³-hybridized carbons (Fsp3) is 0.263. The van der Waals surface area contributed by atoms with Crippen LogP contribution >= 0.6 is 27.5 Å². The summed E-state index contributed by atoms with van der Waals surface area (Å²) in [7, 11) is 0. The minimum absolute atomic E-state index is 0.00162. The molecule has 1 saturated heterocycles. The molecule has 1 N–H and O–H groups in total. The van der Waals surface area contributed by atoms with E-state index in [9.17, 15) is 9.59 Å². The predicted molar refractivity (Wildman–Crippen MR) is 103 cm³/mol. The van der Waals surface area contributed by atoms with Crippen LogP contribution in [-0.4, -0.2) is 29.8 Å². The summed E-state index contributed by atoms with van der Waals surface area (Å²) < 4.78 is 0.858. The Balaban J connectivity index is 1.57. The van der Waals surface area contributed by atoms with Crippen molar-refractivity contribution >= 4 is 45.0 Å². The number of hydrogen-bond acceptors (Lipinski definition) is 2. The number of hydrogen-bond donors (Lipinski definition) is 1. The smallest absolute Gasteiger partial charge is 0.253 e. The van der Waals surface area contributed by atoms with Gasteiger partial charge in [0.15, 0.2) is 0 Å². The van der Waals surface area contributed by atoms with E-state index in [1.807, 2.05) is 24.3 Å². The normalized spacial score (nSPS) is 15.0. The second-order valence-corrected chi connectivity index (χ2v) is 7.34. The van der Waals surface area contributed by atoms with Gasteiger partial charge in [-0.25, -0.2) is 0 Å². The van der Waals surface area contributed by atoms with Crippen LogP contribution in [0.25, 0.3) is 0 Å². The van der Waals surface area contributed by atoms with Crippen LogP contribution in [0.3, 0.4) is 0 Å². The molecule has 0 aliphatic carbocycles. The Morgan fingerprint density at radius 2 is 1.80 bits per heavy atom. The van der Waals surface area contributed by atoms with Crippen LogP contribution in [0, 0.1) is 5.92 Å². The zero-order valence-electron chi connectivity index (χ0n) is 13.5. The van der Waals surface area contributed by atoms with Gasteiger partial charge in [-0.1, -0.05) is 29.8 Å². The van der Waals surface area contributed by atoms with Crippen LogP contribution in [0.15, 0.2) is 53.0 Å². The van der Waals surface area contributed by atoms with Gasteiger partial charge in [-0.05, 0) is 59.1 Å². The quantitative estimate of drug-likeness (QED) is 0.788. The third kappa shape index (κ3) is 4.41. The highest BCUT2D eigenvalue weighted by atomic mass is 79.9. The van der Waals surface area contributed by atoms with Crippen LogP contribution in [0.5, 0.6) is 0 Å². The molecule has 0 atom stereocenters. The monoisotopic (exact) mass is 420 g/mol. The van der Waals surface area contributed by atoms with Crippen LogP contribution < -0.4 is 5.32 Å². The second-order valence-electron chi connectivity index (χ2n) is 6.05. The number of nitrogens with zero attached hydrogens (tertiary/aromatic N) is 1. The van der Waals surface area contributed by atoms with Crippen molar-refractivity contribution < 1.29 is 9.59 Å². The topological polar surface area (TPSA) is 49.4 Å². The van der Waals surface area contributed by atoms with Crippen molar-refractivity contribution in [2.45, 2.75) is 12.8 Å². The number of rotatable bonds is 3. The van der Waals surface area contributed by atoms with Gasteiger partial charge in [-0.2, -0.15) is 0 Å². The first kappa shape index (κ1) is 18.0. The number of benzene rings is 2. The molecule has 1 aliphatic heterocycles. The average molecular weight is 422 g/mol. The summed E-state index contributed by atoms with van der Waals surface area (Å²) in [5, 5.41) is 3.51. The number of amides is 2. The molecule has 3 rings (SSSR count). The Morgan fingerprint density at radius 1 is 1.08 bits per heavy atom. The SMILES string of the molecule is O=C(Nc1ccccc1Br)C1CCN(C(=O)c2cccc(Cl)c2)CC1. The molecule has 0 spiro atoms. The lowest BCUT2D eigenvalue weighted by atomic mass is 9.95. The molecule has 2 aromatic carbocycles. The average Bonchev–Trinajstić information content (AvgIpc) is 2.63. The lowest BCUT2D eigenvalue weighted by Gasteiger charge is -2.31. The lowest BCUT2D eigenvalue weighted by molar-refractivity contribution is -0.121. The van der Waals surface area contributed by atoms with Crippen LogP contribution in [0.1, 0.15) is 23.2 Å². The molecular weight excluding hydrogens is 404 g/mol. The zero-order chi connectivity index (χ0) is 17.8. The van der Waals surface area contributed by atoms with Crippen molar-refractivity contribution in [3.63, 3.8) is 0 Å². The maximum absolute atomic E-state index is 12.5. The van der Waals surface area contributed by atoms with E-state index in [0.717, 1.165) is 10.2 Å². The van der Waals surface area contributed by atoms with Crippen LogP contribution in [0.2, 0.25) is 5.02 Å². The van der Waals surface area contributed by atoms with Gasteiger partial charge in [0.2, 0.25) is 5.91 Å². The van der Waals surface area contributed by atoms with Crippen LogP contribution in [0.4, 0.5) is 5.69 Å². The number of halogens is 2. The highest BCUT2D eigenvalue weighted by Gasteiger charge is 2.28. The Morgan fingerprint density at radius 3 is 2.48 bits per heavy atom. The Labute approximate surface area is 160 Å². The van der Waals surface area contributed by atoms with Gasteiger partial charge >= 0.3 is 0 Å². The number of nitrogens with one attached hydrogen (secondary N) is 1. The van der Waals surface area contributed by atoms with E-state index in [1.165, 1.54) is 0 Å². The molecule has 130 valence electrons. The number of anilines is 1. The van der Waals surface area contributed by atoms with E-state index in [0.29, 0.717) is 36.5 Å². The number of carbonyl (C=O) groups excluding carboxylic acids is 2. The molecule has 0 aromatic heterocycles. The van der Waals surface area contributed by atoms with Gasteiger partial charge in [-0.3, -0.25) is 9.59 Å². The number of piperidine rings is 1. The third-order valence-corrected chi connectivity index (χ3v) is 5.28. The van der Waals surface area contributed by atoms with Gasteiger partial charge in [0.1, 0.15) is 0 Å². The molecule has 0 saturated carbocycles. The molecule has 6 heteroatoms. The van der Waals surface area contributed by atoms with Crippen LogP contribution in [-0.2, 0) is 4.79 Å². The van der Waals surface area contributed by atoms with Crippen molar-refractivity contribution in [2.24, 2.45) is 5.92 Å². The number of carbonyl (C=O) groups is 2. The molecule has 1 fully saturated rings. The molecule has 0 bridgehead atoms. The molecule has 1 aliphatic rings. The predicted octanol–water partition coefficient (Wildman–Crippen LogP) is 4.59. The summed E-state index contributed by atoms with van der Waals surface area (Å²) in [6.07, 6.45) is 1.31. The minimum Gasteiger partial charge on any atom is -0.339 e. The fourth-order valence-corrected chi connectivity index (χ4v) is 3.52. The van der Waals surface area contributed by atoms with Gasteiger partial charge in [-0.15, -0.1) is 0 Å². The molecule has 1 heterocycles. The highest BCUT2D eigenvalue weighted by molar-refractivity contribution is 9.10. The Hall–Kier alpha value is -1.85. The maximum atomic E-state index is 12.5. The van der Waals surface area contributed by atoms with Crippen molar-refractivity contribution in [3.8, 4) is 0 Å². The maximum Gasteiger partial charge on any atom is 0.253 e. The first-order valence-electron chi connectivity index (χ1n) is 8.15. The van der Waals surface area contributed by atoms with Crippen molar-refractivity contribution in [1.82, 2.24) is 4.90 Å². The summed E-state index contributed by atoms with van der Waals surface area (Å²) in [5.74, 6) is -0.121. The van der Waals surface area contributed by atoms with E-state index >= 15 is 0 Å². The summed E-state index contributed by atoms with van der Waals surface area (Å²) in [6, 6.07) is 14.5. The Bertz CT molecular complexity index is 788. The van der Waals surface area contributed by atoms with Gasteiger partial charge in [0, 0.05) is 34.1 Å². The third-order valence-electron chi connectivity index (χ3n) is 4.36. The molecule has 2 amide bonds. The van der Waals surface area contributed by atoms with Crippen molar-refractivity contribution in [1.29, 1.82) is 0 Å². The molecule has 4 nitrogen and oxygen atoms in total. The summed E-state index contributed by atoms with van der Waals surface area (Å²) in [5.41, 5.74) is 1.36. The summed E-state index contributed by atoms with van der Waals surface area (Å²) >= 11 is 9.39. The molecule has 0 unspecified atom stereocenters. The number of para-hydroxylation sites is 1. The van der Waals surface area contributed by atoms with Crippen molar-refractivity contribution in [2.75, 3.05) is 18.4 Å². The van der Waals surface area contributed by atoms with E-state index < -0.39 is 0 Å². The summed E-state index contributed by atoms with van der Waals surface area (Å²) in [6.45, 7) is 1.14. The molecule has 25 heavy (non-hydrogen) atoms. The fourth-order valence-electron chi connectivity index (χ4n) is 2.95. The van der Waals surface area contributed by atoms with Gasteiger partial charge < -0.3 is 10.2 Å². The van der Waals surface area contributed by atoms with Gasteiger partial charge in [0.05, 0.1) is 5.69 Å². The minimum atomic E-state index is -0.0875. The molecular formula is C19H18BrClN2O2. The standard InChI is InChI=1S/C19H18BrClN2O2/c20-16-6-1-2-7-17(16)22-18(24)13-8-10-23(11-9-13)19(25)14-4-3-5-15(21)12-14/h1-7,12-13H,8-11H2,(H,22,24). The van der Waals surface area contributed by atoms with E-state index in [2.05, 4.69) is 21.2 Å². The van der Waals surface area contributed by atoms with E-state index in [1.54, 1.807) is 29.2 Å². The van der Waals surface area contributed by atoms with E-state index in [4.69, 9.17) is 11.6 Å². The second kappa shape index (κ2) is 8.02.